The summed E-state index contributed by atoms with van der Waals surface area (Å²) in [6.45, 7) is 1.33. The quantitative estimate of drug-likeness (QED) is 0.274. The summed E-state index contributed by atoms with van der Waals surface area (Å²) in [5.74, 6) is -2.04. The Labute approximate surface area is 213 Å². The average Bonchev–Trinajstić information content (AvgIpc) is 2.90. The van der Waals surface area contributed by atoms with E-state index in [2.05, 4.69) is 5.32 Å². The number of hydrogen-bond donors (Lipinski definition) is 1. The Morgan fingerprint density at radius 3 is 1.76 bits per heavy atom. The fraction of sp³-hybridized carbons (Fsp3) is 0.0357. The summed E-state index contributed by atoms with van der Waals surface area (Å²) >= 11 is 0. The third kappa shape index (κ3) is 6.09. The van der Waals surface area contributed by atoms with Crippen LogP contribution >= 0.6 is 0 Å². The second kappa shape index (κ2) is 10.9. The zero-order valence-electron chi connectivity index (χ0n) is 19.6. The van der Waals surface area contributed by atoms with Crippen molar-refractivity contribution in [2.75, 3.05) is 5.32 Å². The molecule has 1 N–H and O–H groups in total. The van der Waals surface area contributed by atoms with Crippen molar-refractivity contribution in [2.24, 2.45) is 0 Å². The molecule has 4 rings (SSSR count). The Hall–Kier alpha value is -4.76. The molecule has 0 bridgehead atoms. The lowest BCUT2D eigenvalue weighted by Crippen LogP contribution is -2.13. The van der Waals surface area contributed by atoms with Crippen LogP contribution in [0.4, 0.5) is 5.69 Å². The van der Waals surface area contributed by atoms with Gasteiger partial charge in [0.05, 0.1) is 16.0 Å². The molecule has 9 heteroatoms. The van der Waals surface area contributed by atoms with Crippen molar-refractivity contribution in [3.63, 3.8) is 0 Å². The molecule has 0 saturated heterocycles. The Morgan fingerprint density at radius 2 is 1.22 bits per heavy atom. The topological polar surface area (TPSA) is 116 Å². The molecule has 0 aliphatic carbocycles. The van der Waals surface area contributed by atoms with Gasteiger partial charge in [0, 0.05) is 18.7 Å². The molecule has 0 fully saturated rings. The van der Waals surface area contributed by atoms with Crippen LogP contribution in [0.3, 0.4) is 0 Å². The number of hydrogen-bond acceptors (Lipinski definition) is 7. The number of anilines is 1. The maximum absolute atomic E-state index is 13.6. The number of ether oxygens (including phenoxy) is 2. The minimum absolute atomic E-state index is 0.0539. The first-order valence-electron chi connectivity index (χ1n) is 11.1. The summed E-state index contributed by atoms with van der Waals surface area (Å²) in [5, 5.41) is 2.56. The Kier molecular flexibility index (Phi) is 7.45. The first-order chi connectivity index (χ1) is 17.7. The molecule has 4 aromatic carbocycles. The molecule has 0 aliphatic rings. The van der Waals surface area contributed by atoms with Gasteiger partial charge in [0.2, 0.25) is 15.7 Å². The molecule has 0 heterocycles. The van der Waals surface area contributed by atoms with E-state index >= 15 is 0 Å². The number of benzene rings is 4. The van der Waals surface area contributed by atoms with Crippen molar-refractivity contribution in [1.82, 2.24) is 0 Å². The average molecular weight is 516 g/mol. The highest BCUT2D eigenvalue weighted by Crippen LogP contribution is 2.34. The van der Waals surface area contributed by atoms with Gasteiger partial charge in [0.1, 0.15) is 10.6 Å². The van der Waals surface area contributed by atoms with Crippen molar-refractivity contribution in [1.29, 1.82) is 0 Å². The van der Waals surface area contributed by atoms with E-state index in [1.54, 1.807) is 48.5 Å². The number of amides is 1. The van der Waals surface area contributed by atoms with Crippen LogP contribution in [-0.2, 0) is 14.6 Å². The van der Waals surface area contributed by atoms with Crippen LogP contribution < -0.4 is 14.8 Å². The largest absolute Gasteiger partial charge is 0.423 e. The lowest BCUT2D eigenvalue weighted by molar-refractivity contribution is -0.114. The van der Waals surface area contributed by atoms with Gasteiger partial charge in [0.25, 0.3) is 0 Å². The monoisotopic (exact) mass is 515 g/mol. The molecule has 0 saturated carbocycles. The van der Waals surface area contributed by atoms with E-state index in [1.807, 2.05) is 0 Å². The Balaban J connectivity index is 1.72. The van der Waals surface area contributed by atoms with Crippen molar-refractivity contribution >= 4 is 33.4 Å². The van der Waals surface area contributed by atoms with Crippen LogP contribution in [0.1, 0.15) is 27.6 Å². The molecular formula is C28H21NO7S. The van der Waals surface area contributed by atoms with Crippen molar-refractivity contribution in [3.05, 3.63) is 114 Å². The standard InChI is InChI=1S/C28H21NO7S/c1-19(30)29-22-12-15-24(16-13-22)37(33,34)26-18-23(35-27(31)20-8-4-2-5-9-20)14-17-25(26)36-28(32)21-10-6-3-7-11-21/h2-18H,1H3,(H,29,30). The minimum Gasteiger partial charge on any atom is -0.423 e. The van der Waals surface area contributed by atoms with Crippen molar-refractivity contribution in [3.8, 4) is 11.5 Å². The van der Waals surface area contributed by atoms with Crippen LogP contribution in [0, 0.1) is 0 Å². The van der Waals surface area contributed by atoms with Gasteiger partial charge in [-0.2, -0.15) is 0 Å². The summed E-state index contributed by atoms with van der Waals surface area (Å²) in [6.07, 6.45) is 0. The van der Waals surface area contributed by atoms with E-state index in [-0.39, 0.29) is 38.3 Å². The lowest BCUT2D eigenvalue weighted by Gasteiger charge is -2.13. The number of sulfone groups is 1. The van der Waals surface area contributed by atoms with Gasteiger partial charge in [-0.15, -0.1) is 0 Å². The summed E-state index contributed by atoms with van der Waals surface area (Å²) in [6, 6.07) is 25.5. The summed E-state index contributed by atoms with van der Waals surface area (Å²) < 4.78 is 38.0. The van der Waals surface area contributed by atoms with E-state index in [9.17, 15) is 22.8 Å². The molecule has 186 valence electrons. The van der Waals surface area contributed by atoms with E-state index in [0.29, 0.717) is 5.69 Å². The minimum atomic E-state index is -4.25. The third-order valence-corrected chi connectivity index (χ3v) is 6.91. The van der Waals surface area contributed by atoms with Crippen LogP contribution in [-0.4, -0.2) is 26.3 Å². The van der Waals surface area contributed by atoms with E-state index < -0.39 is 21.8 Å². The summed E-state index contributed by atoms with van der Waals surface area (Å²) in [4.78, 5) is 36.0. The number of carbonyl (C=O) groups excluding carboxylic acids is 3. The predicted molar refractivity (Wildman–Crippen MR) is 135 cm³/mol. The van der Waals surface area contributed by atoms with Gasteiger partial charge >= 0.3 is 11.9 Å². The maximum atomic E-state index is 13.6. The van der Waals surface area contributed by atoms with Crippen LogP contribution in [0.5, 0.6) is 11.5 Å². The molecule has 4 aromatic rings. The normalized spacial score (nSPS) is 10.8. The molecular weight excluding hydrogens is 494 g/mol. The van der Waals surface area contributed by atoms with Crippen molar-refractivity contribution in [2.45, 2.75) is 16.7 Å². The van der Waals surface area contributed by atoms with Gasteiger partial charge in [-0.25, -0.2) is 18.0 Å². The van der Waals surface area contributed by atoms with Gasteiger partial charge < -0.3 is 14.8 Å². The smallest absolute Gasteiger partial charge is 0.343 e. The van der Waals surface area contributed by atoms with Crippen LogP contribution in [0.15, 0.2) is 113 Å². The highest BCUT2D eigenvalue weighted by atomic mass is 32.2. The van der Waals surface area contributed by atoms with Crippen LogP contribution in [0.25, 0.3) is 0 Å². The van der Waals surface area contributed by atoms with E-state index in [4.69, 9.17) is 9.47 Å². The fourth-order valence-corrected chi connectivity index (χ4v) is 4.76. The van der Waals surface area contributed by atoms with Gasteiger partial charge in [0.15, 0.2) is 5.75 Å². The zero-order chi connectivity index (χ0) is 26.4. The molecule has 8 nitrogen and oxygen atoms in total. The molecule has 0 spiro atoms. The Morgan fingerprint density at radius 1 is 0.676 bits per heavy atom. The second-order valence-corrected chi connectivity index (χ2v) is 9.75. The third-order valence-electron chi connectivity index (χ3n) is 5.12. The Bertz CT molecular complexity index is 1550. The number of rotatable bonds is 7. The van der Waals surface area contributed by atoms with Gasteiger partial charge in [-0.3, -0.25) is 4.79 Å². The molecule has 0 atom stereocenters. The predicted octanol–water partition coefficient (Wildman–Crippen LogP) is 4.92. The maximum Gasteiger partial charge on any atom is 0.343 e. The highest BCUT2D eigenvalue weighted by Gasteiger charge is 2.26. The molecule has 0 unspecified atom stereocenters. The first-order valence-corrected chi connectivity index (χ1v) is 12.5. The fourth-order valence-electron chi connectivity index (χ4n) is 3.37. The first kappa shape index (κ1) is 25.3. The molecule has 0 aliphatic heterocycles. The molecule has 1 amide bonds. The lowest BCUT2D eigenvalue weighted by atomic mass is 10.2. The van der Waals surface area contributed by atoms with Gasteiger partial charge in [-0.05, 0) is 60.7 Å². The SMILES string of the molecule is CC(=O)Nc1ccc(S(=O)(=O)c2cc(OC(=O)c3ccccc3)ccc2OC(=O)c2ccccc2)cc1. The van der Waals surface area contributed by atoms with E-state index in [0.717, 1.165) is 6.07 Å². The van der Waals surface area contributed by atoms with Crippen molar-refractivity contribution < 1.29 is 32.3 Å². The number of nitrogens with one attached hydrogen (secondary N) is 1. The summed E-state index contributed by atoms with van der Waals surface area (Å²) in [7, 11) is -4.25. The molecule has 37 heavy (non-hydrogen) atoms. The number of esters is 2. The van der Waals surface area contributed by atoms with Crippen LogP contribution in [0.2, 0.25) is 0 Å². The highest BCUT2D eigenvalue weighted by molar-refractivity contribution is 7.91. The number of carbonyl (C=O) groups is 3. The second-order valence-electron chi connectivity index (χ2n) is 7.83. The summed E-state index contributed by atoms with van der Waals surface area (Å²) in [5.41, 5.74) is 0.915. The molecule has 0 aromatic heterocycles. The van der Waals surface area contributed by atoms with Gasteiger partial charge in [-0.1, -0.05) is 36.4 Å². The zero-order valence-corrected chi connectivity index (χ0v) is 20.4. The molecule has 0 radical (unpaired) electrons. The van der Waals surface area contributed by atoms with E-state index in [1.165, 1.54) is 55.5 Å².